The summed E-state index contributed by atoms with van der Waals surface area (Å²) in [4.78, 5) is 22.7. The predicted molar refractivity (Wildman–Crippen MR) is 77.3 cm³/mol. The molecule has 0 saturated carbocycles. The maximum absolute atomic E-state index is 11.7. The Morgan fingerprint density at radius 2 is 1.92 bits per heavy atom. The number of ether oxygens (including phenoxy) is 4. The number of esters is 2. The average Bonchev–Trinajstić information content (AvgIpc) is 3.11. The molecule has 0 aromatic heterocycles. The van der Waals surface area contributed by atoms with E-state index >= 15 is 0 Å². The number of carbonyl (C=O) groups is 2. The molecule has 3 rings (SSSR count). The average molecular weight is 362 g/mol. The summed E-state index contributed by atoms with van der Waals surface area (Å²) in [6.45, 7) is 4.38. The van der Waals surface area contributed by atoms with Gasteiger partial charge in [0, 0.05) is 5.57 Å². The third-order valence-electron chi connectivity index (χ3n) is 4.11. The molecule has 0 radical (unpaired) electrons. The Morgan fingerprint density at radius 3 is 2.62 bits per heavy atom. The van der Waals surface area contributed by atoms with Gasteiger partial charge in [-0.1, -0.05) is 6.58 Å². The van der Waals surface area contributed by atoms with Gasteiger partial charge in [-0.05, 0) is 13.3 Å². The van der Waals surface area contributed by atoms with Gasteiger partial charge in [-0.15, -0.1) is 0 Å². The molecule has 0 N–H and O–H groups in total. The van der Waals surface area contributed by atoms with Gasteiger partial charge in [0.15, 0.2) is 0 Å². The lowest BCUT2D eigenvalue weighted by Crippen LogP contribution is -2.41. The highest BCUT2D eigenvalue weighted by atomic mass is 32.2. The van der Waals surface area contributed by atoms with Crippen LogP contribution in [0.3, 0.4) is 0 Å². The highest BCUT2D eigenvalue weighted by Crippen LogP contribution is 2.47. The summed E-state index contributed by atoms with van der Waals surface area (Å²) in [5.41, 5.74) is 0.255. The topological polar surface area (TPSA) is 114 Å². The molecule has 0 aromatic carbocycles. The van der Waals surface area contributed by atoms with E-state index in [9.17, 15) is 18.0 Å². The Morgan fingerprint density at radius 1 is 1.21 bits per heavy atom. The minimum absolute atomic E-state index is 0.0830. The minimum Gasteiger partial charge on any atom is -0.460 e. The molecule has 10 heteroatoms. The molecule has 24 heavy (non-hydrogen) atoms. The molecule has 0 aromatic rings. The summed E-state index contributed by atoms with van der Waals surface area (Å²) < 4.78 is 49.1. The van der Waals surface area contributed by atoms with E-state index in [-0.39, 0.29) is 25.4 Å². The van der Waals surface area contributed by atoms with Gasteiger partial charge in [0.05, 0.1) is 6.10 Å². The molecule has 0 amide bonds. The molecular weight excluding hydrogens is 344 g/mol. The van der Waals surface area contributed by atoms with Gasteiger partial charge >= 0.3 is 11.9 Å². The van der Waals surface area contributed by atoms with Gasteiger partial charge in [0.2, 0.25) is 0 Å². The van der Waals surface area contributed by atoms with E-state index in [1.807, 2.05) is 0 Å². The second-order valence-electron chi connectivity index (χ2n) is 5.88. The molecule has 3 aliphatic heterocycles. The first-order valence-electron chi connectivity index (χ1n) is 7.47. The Labute approximate surface area is 139 Å². The van der Waals surface area contributed by atoms with Crippen LogP contribution in [0.25, 0.3) is 0 Å². The van der Waals surface area contributed by atoms with Crippen LogP contribution in [0.2, 0.25) is 0 Å². The van der Waals surface area contributed by atoms with Gasteiger partial charge in [0.1, 0.15) is 43.4 Å². The van der Waals surface area contributed by atoms with Gasteiger partial charge < -0.3 is 18.9 Å². The predicted octanol–water partition coefficient (Wildman–Crippen LogP) is -0.698. The second-order valence-corrected chi connectivity index (χ2v) is 7.66. The number of carbonyl (C=O) groups excluding carboxylic acids is 2. The summed E-state index contributed by atoms with van der Waals surface area (Å²) in [6.07, 6.45) is -1.94. The van der Waals surface area contributed by atoms with Crippen LogP contribution in [0.1, 0.15) is 13.3 Å². The lowest BCUT2D eigenvalue weighted by Gasteiger charge is -2.21. The van der Waals surface area contributed by atoms with Crippen molar-refractivity contribution in [1.29, 1.82) is 0 Å². The van der Waals surface area contributed by atoms with E-state index in [4.69, 9.17) is 23.1 Å². The number of hydrogen-bond acceptors (Lipinski definition) is 9. The third-order valence-corrected chi connectivity index (χ3v) is 5.81. The lowest BCUT2D eigenvalue weighted by molar-refractivity contribution is -0.157. The Hall–Kier alpha value is -1.49. The molecule has 3 saturated heterocycles. The zero-order valence-corrected chi connectivity index (χ0v) is 13.8. The summed E-state index contributed by atoms with van der Waals surface area (Å²) in [7, 11) is -3.61. The van der Waals surface area contributed by atoms with Crippen molar-refractivity contribution in [3.05, 3.63) is 12.2 Å². The van der Waals surface area contributed by atoms with Crippen LogP contribution in [-0.4, -0.2) is 69.8 Å². The lowest BCUT2D eigenvalue weighted by atomic mass is 9.94. The number of rotatable bonds is 7. The van der Waals surface area contributed by atoms with Crippen LogP contribution in [0.5, 0.6) is 0 Å². The van der Waals surface area contributed by atoms with Gasteiger partial charge in [-0.25, -0.2) is 9.59 Å². The molecule has 3 heterocycles. The zero-order valence-electron chi connectivity index (χ0n) is 13.0. The molecule has 0 spiro atoms. The number of fused-ring (bicyclic) bond motifs is 1. The van der Waals surface area contributed by atoms with E-state index in [0.29, 0.717) is 6.42 Å². The van der Waals surface area contributed by atoms with Gasteiger partial charge in [0.25, 0.3) is 10.1 Å². The fraction of sp³-hybridized carbons (Fsp3) is 0.714. The quantitative estimate of drug-likeness (QED) is 0.251. The second kappa shape index (κ2) is 6.43. The summed E-state index contributed by atoms with van der Waals surface area (Å²) in [5.74, 6) is -1.21. The van der Waals surface area contributed by atoms with Crippen molar-refractivity contribution < 1.29 is 41.1 Å². The van der Waals surface area contributed by atoms with Crippen LogP contribution in [0.15, 0.2) is 12.2 Å². The van der Waals surface area contributed by atoms with Crippen molar-refractivity contribution in [2.45, 2.75) is 43.0 Å². The van der Waals surface area contributed by atoms with Crippen LogP contribution >= 0.6 is 0 Å². The van der Waals surface area contributed by atoms with Crippen molar-refractivity contribution in [3.63, 3.8) is 0 Å². The third kappa shape index (κ3) is 3.18. The number of hydrogen-bond donors (Lipinski definition) is 0. The van der Waals surface area contributed by atoms with Crippen molar-refractivity contribution in [3.8, 4) is 0 Å². The highest BCUT2D eigenvalue weighted by Gasteiger charge is 2.66. The first kappa shape index (κ1) is 17.3. The largest absolute Gasteiger partial charge is 0.460 e. The molecule has 134 valence electrons. The summed E-state index contributed by atoms with van der Waals surface area (Å²) in [6, 6.07) is 0. The molecule has 0 aliphatic carbocycles. The zero-order chi connectivity index (χ0) is 17.5. The molecule has 3 aliphatic rings. The molecule has 5 atom stereocenters. The summed E-state index contributed by atoms with van der Waals surface area (Å²) >= 11 is 0. The van der Waals surface area contributed by atoms with E-state index in [2.05, 4.69) is 6.58 Å². The van der Waals surface area contributed by atoms with E-state index in [1.54, 1.807) is 0 Å². The van der Waals surface area contributed by atoms with Crippen molar-refractivity contribution in [2.75, 3.05) is 19.8 Å². The van der Waals surface area contributed by atoms with Crippen molar-refractivity contribution >= 4 is 22.1 Å². The first-order valence-corrected chi connectivity index (χ1v) is 8.94. The highest BCUT2D eigenvalue weighted by molar-refractivity contribution is 7.87. The van der Waals surface area contributed by atoms with E-state index < -0.39 is 51.7 Å². The van der Waals surface area contributed by atoms with Gasteiger partial charge in [-0.2, -0.15) is 8.42 Å². The fourth-order valence-electron chi connectivity index (χ4n) is 3.05. The Bertz CT molecular complexity index is 655. The van der Waals surface area contributed by atoms with Crippen molar-refractivity contribution in [2.24, 2.45) is 0 Å². The van der Waals surface area contributed by atoms with Crippen molar-refractivity contribution in [1.82, 2.24) is 0 Å². The van der Waals surface area contributed by atoms with E-state index in [1.165, 1.54) is 6.92 Å². The first-order chi connectivity index (χ1) is 11.3. The summed E-state index contributed by atoms with van der Waals surface area (Å²) in [5, 5.41) is -0.637. The SMILES string of the molecule is C=C(C)C(=O)OCCOC(=O)COC1C2CC3C(O2)C1OS3(=O)=O. The normalized spacial score (nSPS) is 35.0. The smallest absolute Gasteiger partial charge is 0.333 e. The Kier molecular flexibility index (Phi) is 4.65. The van der Waals surface area contributed by atoms with Crippen LogP contribution in [0, 0.1) is 0 Å². The van der Waals surface area contributed by atoms with Crippen LogP contribution in [0.4, 0.5) is 0 Å². The van der Waals surface area contributed by atoms with E-state index in [0.717, 1.165) is 0 Å². The molecular formula is C14H18O9S. The molecule has 3 fully saturated rings. The molecule has 2 bridgehead atoms. The van der Waals surface area contributed by atoms with Crippen LogP contribution in [-0.2, 0) is 42.8 Å². The van der Waals surface area contributed by atoms with Crippen LogP contribution < -0.4 is 0 Å². The Balaban J connectivity index is 1.39. The molecule has 5 unspecified atom stereocenters. The standard InChI is InChI=1S/C14H18O9S/c1-7(2)14(16)20-4-3-19-10(15)6-21-11-8-5-9-12(22-8)13(11)23-24(9,17)18/h8-9,11-13H,1,3-6H2,2H3. The minimum atomic E-state index is -3.61. The maximum Gasteiger partial charge on any atom is 0.333 e. The molecule has 9 nitrogen and oxygen atoms in total. The monoisotopic (exact) mass is 362 g/mol. The van der Waals surface area contributed by atoms with Gasteiger partial charge in [-0.3, -0.25) is 4.18 Å². The fourth-order valence-corrected chi connectivity index (χ4v) is 4.69. The maximum atomic E-state index is 11.7.